The van der Waals surface area contributed by atoms with E-state index in [2.05, 4.69) is 6.92 Å². The smallest absolute Gasteiger partial charge is 0.207 e. The molecule has 1 heterocycles. The summed E-state index contributed by atoms with van der Waals surface area (Å²) in [6.07, 6.45) is 2.83. The lowest BCUT2D eigenvalue weighted by Gasteiger charge is -2.20. The van der Waals surface area contributed by atoms with Crippen molar-refractivity contribution in [2.75, 3.05) is 13.1 Å². The highest BCUT2D eigenvalue weighted by Gasteiger charge is 2.28. The van der Waals surface area contributed by atoms with E-state index in [1.54, 1.807) is 18.2 Å². The molecule has 4 nitrogen and oxygen atoms in total. The van der Waals surface area contributed by atoms with Gasteiger partial charge in [-0.15, -0.1) is 0 Å². The number of hydrogen-bond acceptors (Lipinski definition) is 3. The Morgan fingerprint density at radius 1 is 1.26 bits per heavy atom. The summed E-state index contributed by atoms with van der Waals surface area (Å²) in [7, 11) is -3.54. The molecule has 1 unspecified atom stereocenters. The maximum atomic E-state index is 12.6. The first-order valence-corrected chi connectivity index (χ1v) is 7.99. The van der Waals surface area contributed by atoms with Crippen molar-refractivity contribution in [1.82, 2.24) is 4.31 Å². The van der Waals surface area contributed by atoms with Crippen molar-refractivity contribution in [3.8, 4) is 6.07 Å². The Morgan fingerprint density at radius 3 is 2.74 bits per heavy atom. The highest BCUT2D eigenvalue weighted by atomic mass is 32.2. The minimum Gasteiger partial charge on any atom is -0.207 e. The van der Waals surface area contributed by atoms with E-state index in [1.807, 2.05) is 6.07 Å². The lowest BCUT2D eigenvalue weighted by Crippen LogP contribution is -2.32. The SMILES string of the molecule is CC1CCCN(S(=O)(=O)c2ccccc2C#N)CC1. The molecule has 2 rings (SSSR count). The molecule has 1 fully saturated rings. The van der Waals surface area contributed by atoms with Gasteiger partial charge in [-0.25, -0.2) is 8.42 Å². The standard InChI is InChI=1S/C14H18N2O2S/c1-12-5-4-9-16(10-8-12)19(17,18)14-7-3-2-6-13(14)11-15/h2-3,6-7,12H,4-5,8-10H2,1H3. The first kappa shape index (κ1) is 14.0. The molecule has 0 radical (unpaired) electrons. The molecular weight excluding hydrogens is 260 g/mol. The average Bonchev–Trinajstić information content (AvgIpc) is 2.64. The van der Waals surface area contributed by atoms with Gasteiger partial charge in [0.25, 0.3) is 0 Å². The van der Waals surface area contributed by atoms with Crippen molar-refractivity contribution < 1.29 is 8.42 Å². The minimum absolute atomic E-state index is 0.132. The minimum atomic E-state index is -3.54. The predicted molar refractivity (Wildman–Crippen MR) is 72.9 cm³/mol. The second-order valence-electron chi connectivity index (χ2n) is 5.05. The molecule has 19 heavy (non-hydrogen) atoms. The third-order valence-corrected chi connectivity index (χ3v) is 5.56. The van der Waals surface area contributed by atoms with Crippen LogP contribution in [0.3, 0.4) is 0 Å². The molecule has 5 heteroatoms. The fraction of sp³-hybridized carbons (Fsp3) is 0.500. The van der Waals surface area contributed by atoms with E-state index in [-0.39, 0.29) is 10.5 Å². The van der Waals surface area contributed by atoms with E-state index in [9.17, 15) is 8.42 Å². The molecule has 1 aliphatic heterocycles. The Bertz CT molecular complexity index is 590. The molecule has 0 bridgehead atoms. The molecule has 1 aliphatic rings. The molecule has 0 saturated carbocycles. The van der Waals surface area contributed by atoms with E-state index in [4.69, 9.17) is 5.26 Å². The van der Waals surface area contributed by atoms with Crippen LogP contribution in [0.15, 0.2) is 29.2 Å². The van der Waals surface area contributed by atoms with Gasteiger partial charge in [0.05, 0.1) is 10.5 Å². The fourth-order valence-electron chi connectivity index (χ4n) is 2.40. The van der Waals surface area contributed by atoms with E-state index >= 15 is 0 Å². The number of hydrogen-bond donors (Lipinski definition) is 0. The Kier molecular flexibility index (Phi) is 4.23. The third-order valence-electron chi connectivity index (χ3n) is 3.60. The molecule has 0 spiro atoms. The molecule has 0 amide bonds. The first-order valence-electron chi connectivity index (χ1n) is 6.55. The van der Waals surface area contributed by atoms with Crippen LogP contribution in [0.25, 0.3) is 0 Å². The van der Waals surface area contributed by atoms with Gasteiger partial charge in [0, 0.05) is 13.1 Å². The maximum absolute atomic E-state index is 12.6. The molecule has 0 aliphatic carbocycles. The van der Waals surface area contributed by atoms with E-state index < -0.39 is 10.0 Å². The largest absolute Gasteiger partial charge is 0.244 e. The van der Waals surface area contributed by atoms with Crippen LogP contribution >= 0.6 is 0 Å². The number of nitriles is 1. The van der Waals surface area contributed by atoms with E-state index in [0.717, 1.165) is 19.3 Å². The second kappa shape index (κ2) is 5.72. The lowest BCUT2D eigenvalue weighted by atomic mass is 10.0. The molecule has 1 saturated heterocycles. The molecule has 0 aromatic heterocycles. The van der Waals surface area contributed by atoms with Crippen molar-refractivity contribution in [1.29, 1.82) is 5.26 Å². The Morgan fingerprint density at radius 2 is 2.00 bits per heavy atom. The van der Waals surface area contributed by atoms with Gasteiger partial charge < -0.3 is 0 Å². The fourth-order valence-corrected chi connectivity index (χ4v) is 4.04. The molecular formula is C14H18N2O2S. The number of nitrogens with zero attached hydrogens (tertiary/aromatic N) is 2. The molecule has 0 N–H and O–H groups in total. The van der Waals surface area contributed by atoms with Crippen LogP contribution in [0.1, 0.15) is 31.7 Å². The number of sulfonamides is 1. The quantitative estimate of drug-likeness (QED) is 0.834. The van der Waals surface area contributed by atoms with Gasteiger partial charge in [-0.1, -0.05) is 19.1 Å². The summed E-state index contributed by atoms with van der Waals surface area (Å²) < 4.78 is 26.7. The number of benzene rings is 1. The summed E-state index contributed by atoms with van der Waals surface area (Å²) in [5.74, 6) is 0.561. The van der Waals surface area contributed by atoms with Crippen molar-refractivity contribution in [3.05, 3.63) is 29.8 Å². The van der Waals surface area contributed by atoms with Gasteiger partial charge in [-0.05, 0) is 37.3 Å². The highest BCUT2D eigenvalue weighted by molar-refractivity contribution is 7.89. The summed E-state index contributed by atoms with van der Waals surface area (Å²) in [4.78, 5) is 0.132. The first-order chi connectivity index (χ1) is 9.05. The Hall–Kier alpha value is -1.38. The van der Waals surface area contributed by atoms with Crippen molar-refractivity contribution in [3.63, 3.8) is 0 Å². The van der Waals surface area contributed by atoms with Crippen molar-refractivity contribution in [2.45, 2.75) is 31.1 Å². The highest BCUT2D eigenvalue weighted by Crippen LogP contribution is 2.24. The van der Waals surface area contributed by atoms with Gasteiger partial charge in [0.1, 0.15) is 6.07 Å². The molecule has 1 atom stereocenters. The third kappa shape index (κ3) is 2.96. The molecule has 1 aromatic carbocycles. The van der Waals surface area contributed by atoms with Gasteiger partial charge in [0.15, 0.2) is 0 Å². The topological polar surface area (TPSA) is 61.2 Å². The van der Waals surface area contributed by atoms with Gasteiger partial charge in [-0.3, -0.25) is 0 Å². The van der Waals surface area contributed by atoms with Crippen LogP contribution in [0, 0.1) is 17.2 Å². The monoisotopic (exact) mass is 278 g/mol. The Balaban J connectivity index is 2.34. The van der Waals surface area contributed by atoms with E-state index in [0.29, 0.717) is 19.0 Å². The van der Waals surface area contributed by atoms with Crippen LogP contribution in [0.4, 0.5) is 0 Å². The van der Waals surface area contributed by atoms with Crippen LogP contribution in [0.2, 0.25) is 0 Å². The van der Waals surface area contributed by atoms with Crippen LogP contribution in [-0.4, -0.2) is 25.8 Å². The zero-order valence-electron chi connectivity index (χ0n) is 11.0. The van der Waals surface area contributed by atoms with Crippen molar-refractivity contribution >= 4 is 10.0 Å². The van der Waals surface area contributed by atoms with Crippen LogP contribution in [0.5, 0.6) is 0 Å². The van der Waals surface area contributed by atoms with E-state index in [1.165, 1.54) is 10.4 Å². The summed E-state index contributed by atoms with van der Waals surface area (Å²) in [5.41, 5.74) is 0.222. The van der Waals surface area contributed by atoms with Gasteiger partial charge in [-0.2, -0.15) is 9.57 Å². The lowest BCUT2D eigenvalue weighted by molar-refractivity contribution is 0.416. The molecule has 1 aromatic rings. The average molecular weight is 278 g/mol. The number of rotatable bonds is 2. The summed E-state index contributed by atoms with van der Waals surface area (Å²) in [6.45, 7) is 3.25. The maximum Gasteiger partial charge on any atom is 0.244 e. The van der Waals surface area contributed by atoms with Crippen molar-refractivity contribution in [2.24, 2.45) is 5.92 Å². The summed E-state index contributed by atoms with van der Waals surface area (Å²) >= 11 is 0. The van der Waals surface area contributed by atoms with Gasteiger partial charge >= 0.3 is 0 Å². The van der Waals surface area contributed by atoms with Crippen LogP contribution in [-0.2, 0) is 10.0 Å². The summed E-state index contributed by atoms with van der Waals surface area (Å²) in [5, 5.41) is 9.04. The zero-order chi connectivity index (χ0) is 13.9. The van der Waals surface area contributed by atoms with Gasteiger partial charge in [0.2, 0.25) is 10.0 Å². The summed E-state index contributed by atoms with van der Waals surface area (Å²) in [6, 6.07) is 8.37. The Labute approximate surface area is 114 Å². The molecule has 102 valence electrons. The predicted octanol–water partition coefficient (Wildman–Crippen LogP) is 2.37. The van der Waals surface area contributed by atoms with Crippen LogP contribution < -0.4 is 0 Å². The normalized spacial score (nSPS) is 21.6. The zero-order valence-corrected chi connectivity index (χ0v) is 11.9. The second-order valence-corrected chi connectivity index (χ2v) is 6.95.